The van der Waals surface area contributed by atoms with Crippen molar-refractivity contribution in [1.29, 1.82) is 0 Å². The molecule has 1 aliphatic carbocycles. The minimum atomic E-state index is 0.917. The van der Waals surface area contributed by atoms with E-state index in [1.54, 1.807) is 0 Å². The maximum absolute atomic E-state index is 3.47. The summed E-state index contributed by atoms with van der Waals surface area (Å²) in [5.41, 5.74) is 0. The van der Waals surface area contributed by atoms with Crippen molar-refractivity contribution in [2.24, 2.45) is 23.7 Å². The Morgan fingerprint density at radius 2 is 1.44 bits per heavy atom. The van der Waals surface area contributed by atoms with Crippen LogP contribution in [0.1, 0.15) is 58.8 Å². The maximum atomic E-state index is 3.47. The van der Waals surface area contributed by atoms with Gasteiger partial charge in [-0.2, -0.15) is 0 Å². The third-order valence-corrected chi connectivity index (χ3v) is 4.96. The Hall–Kier alpha value is -0.0400. The molecule has 94 valence electrons. The first-order chi connectivity index (χ1) is 7.75. The van der Waals surface area contributed by atoms with E-state index in [9.17, 15) is 0 Å². The molecule has 0 aromatic carbocycles. The molecule has 2 rings (SSSR count). The number of hydrogen-bond acceptors (Lipinski definition) is 1. The standard InChI is InChI=1S/C15H29N/c1-12(2)15-5-3-13(4-6-15)11-14-7-9-16-10-8-14/h12-16H,3-11H2,1-2H3. The van der Waals surface area contributed by atoms with Crippen LogP contribution in [0.5, 0.6) is 0 Å². The van der Waals surface area contributed by atoms with E-state index in [1.807, 2.05) is 0 Å². The second-order valence-corrected chi connectivity index (χ2v) is 6.45. The van der Waals surface area contributed by atoms with E-state index in [-0.39, 0.29) is 0 Å². The lowest BCUT2D eigenvalue weighted by atomic mass is 9.73. The van der Waals surface area contributed by atoms with Crippen molar-refractivity contribution in [2.75, 3.05) is 13.1 Å². The Labute approximate surface area is 101 Å². The van der Waals surface area contributed by atoms with E-state index in [0.717, 1.165) is 23.7 Å². The number of rotatable bonds is 3. The minimum absolute atomic E-state index is 0.917. The van der Waals surface area contributed by atoms with Gasteiger partial charge < -0.3 is 5.32 Å². The summed E-state index contributed by atoms with van der Waals surface area (Å²) in [6, 6.07) is 0. The first kappa shape index (κ1) is 12.4. The monoisotopic (exact) mass is 223 g/mol. The zero-order valence-electron chi connectivity index (χ0n) is 11.2. The van der Waals surface area contributed by atoms with Crippen molar-refractivity contribution >= 4 is 0 Å². The van der Waals surface area contributed by atoms with Crippen molar-refractivity contribution in [3.8, 4) is 0 Å². The van der Waals surface area contributed by atoms with Crippen molar-refractivity contribution in [2.45, 2.75) is 58.8 Å². The molecule has 1 N–H and O–H groups in total. The Bertz CT molecular complexity index is 186. The second-order valence-electron chi connectivity index (χ2n) is 6.45. The van der Waals surface area contributed by atoms with Gasteiger partial charge >= 0.3 is 0 Å². The van der Waals surface area contributed by atoms with Gasteiger partial charge in [0.2, 0.25) is 0 Å². The normalized spacial score (nSPS) is 33.2. The quantitative estimate of drug-likeness (QED) is 0.766. The molecule has 1 aliphatic heterocycles. The van der Waals surface area contributed by atoms with Crippen LogP contribution in [0, 0.1) is 23.7 Å². The number of piperidine rings is 1. The Morgan fingerprint density at radius 3 is 2.00 bits per heavy atom. The highest BCUT2D eigenvalue weighted by molar-refractivity contribution is 4.78. The summed E-state index contributed by atoms with van der Waals surface area (Å²) in [6.45, 7) is 7.34. The van der Waals surface area contributed by atoms with Gasteiger partial charge in [-0.1, -0.05) is 26.7 Å². The van der Waals surface area contributed by atoms with Gasteiger partial charge in [-0.15, -0.1) is 0 Å². The molecular weight excluding hydrogens is 194 g/mol. The summed E-state index contributed by atoms with van der Waals surface area (Å²) in [6.07, 6.45) is 10.5. The van der Waals surface area contributed by atoms with Gasteiger partial charge in [-0.05, 0) is 68.9 Å². The first-order valence-corrected chi connectivity index (χ1v) is 7.46. The molecule has 0 atom stereocenters. The maximum Gasteiger partial charge on any atom is -0.00463 e. The molecule has 0 amide bonds. The van der Waals surface area contributed by atoms with E-state index < -0.39 is 0 Å². The first-order valence-electron chi connectivity index (χ1n) is 7.46. The molecule has 1 nitrogen and oxygen atoms in total. The van der Waals surface area contributed by atoms with Gasteiger partial charge in [0.25, 0.3) is 0 Å². The molecule has 1 heterocycles. The molecule has 0 aromatic heterocycles. The third kappa shape index (κ3) is 3.48. The largest absolute Gasteiger partial charge is 0.317 e. The van der Waals surface area contributed by atoms with Crippen LogP contribution in [-0.4, -0.2) is 13.1 Å². The van der Waals surface area contributed by atoms with Gasteiger partial charge in [-0.3, -0.25) is 0 Å². The third-order valence-electron chi connectivity index (χ3n) is 4.96. The van der Waals surface area contributed by atoms with Gasteiger partial charge in [0.05, 0.1) is 0 Å². The summed E-state index contributed by atoms with van der Waals surface area (Å²) in [5.74, 6) is 4.06. The average molecular weight is 223 g/mol. The Kier molecular flexibility index (Phi) is 4.69. The highest BCUT2D eigenvalue weighted by Crippen LogP contribution is 2.37. The van der Waals surface area contributed by atoms with Crippen LogP contribution in [0.4, 0.5) is 0 Å². The summed E-state index contributed by atoms with van der Waals surface area (Å²) < 4.78 is 0. The molecule has 0 aromatic rings. The van der Waals surface area contributed by atoms with Crippen molar-refractivity contribution in [1.82, 2.24) is 5.32 Å². The van der Waals surface area contributed by atoms with Crippen LogP contribution >= 0.6 is 0 Å². The summed E-state index contributed by atoms with van der Waals surface area (Å²) >= 11 is 0. The molecule has 0 spiro atoms. The molecule has 16 heavy (non-hydrogen) atoms. The van der Waals surface area contributed by atoms with Crippen LogP contribution in [0.2, 0.25) is 0 Å². The lowest BCUT2D eigenvalue weighted by molar-refractivity contribution is 0.188. The fourth-order valence-electron chi connectivity index (χ4n) is 3.68. The Morgan fingerprint density at radius 1 is 0.875 bits per heavy atom. The molecule has 1 saturated carbocycles. The van der Waals surface area contributed by atoms with E-state index >= 15 is 0 Å². The van der Waals surface area contributed by atoms with Crippen molar-refractivity contribution in [3.05, 3.63) is 0 Å². The van der Waals surface area contributed by atoms with Crippen molar-refractivity contribution < 1.29 is 0 Å². The lowest BCUT2D eigenvalue weighted by Gasteiger charge is -2.33. The molecular formula is C15H29N. The zero-order valence-corrected chi connectivity index (χ0v) is 11.2. The van der Waals surface area contributed by atoms with Crippen LogP contribution in [0.15, 0.2) is 0 Å². The second kappa shape index (κ2) is 6.05. The SMILES string of the molecule is CC(C)C1CCC(CC2CCNCC2)CC1. The highest BCUT2D eigenvalue weighted by atomic mass is 14.9. The molecule has 1 saturated heterocycles. The fraction of sp³-hybridized carbons (Fsp3) is 1.00. The molecule has 2 aliphatic rings. The van der Waals surface area contributed by atoms with E-state index in [0.29, 0.717) is 0 Å². The zero-order chi connectivity index (χ0) is 11.4. The van der Waals surface area contributed by atoms with Crippen LogP contribution in [-0.2, 0) is 0 Å². The predicted octanol–water partition coefficient (Wildman–Crippen LogP) is 3.84. The van der Waals surface area contributed by atoms with E-state index in [4.69, 9.17) is 0 Å². The number of nitrogens with one attached hydrogen (secondary N) is 1. The molecule has 1 heteroatoms. The molecule has 0 radical (unpaired) electrons. The lowest BCUT2D eigenvalue weighted by Crippen LogP contribution is -2.29. The average Bonchev–Trinajstić information content (AvgIpc) is 2.31. The van der Waals surface area contributed by atoms with Gasteiger partial charge in [-0.25, -0.2) is 0 Å². The minimum Gasteiger partial charge on any atom is -0.317 e. The van der Waals surface area contributed by atoms with Gasteiger partial charge in [0.15, 0.2) is 0 Å². The summed E-state index contributed by atoms with van der Waals surface area (Å²) in [5, 5.41) is 3.47. The molecule has 0 bridgehead atoms. The number of hydrogen-bond donors (Lipinski definition) is 1. The van der Waals surface area contributed by atoms with E-state index in [1.165, 1.54) is 58.0 Å². The molecule has 2 fully saturated rings. The van der Waals surface area contributed by atoms with Gasteiger partial charge in [0.1, 0.15) is 0 Å². The van der Waals surface area contributed by atoms with Crippen LogP contribution in [0.3, 0.4) is 0 Å². The topological polar surface area (TPSA) is 12.0 Å². The highest BCUT2D eigenvalue weighted by Gasteiger charge is 2.25. The predicted molar refractivity (Wildman–Crippen MR) is 70.5 cm³/mol. The smallest absolute Gasteiger partial charge is 0.00463 e. The van der Waals surface area contributed by atoms with Crippen LogP contribution < -0.4 is 5.32 Å². The summed E-state index contributed by atoms with van der Waals surface area (Å²) in [7, 11) is 0. The summed E-state index contributed by atoms with van der Waals surface area (Å²) in [4.78, 5) is 0. The fourth-order valence-corrected chi connectivity index (χ4v) is 3.68. The van der Waals surface area contributed by atoms with E-state index in [2.05, 4.69) is 19.2 Å². The van der Waals surface area contributed by atoms with Gasteiger partial charge in [0, 0.05) is 0 Å². The molecule has 0 unspecified atom stereocenters. The van der Waals surface area contributed by atoms with Crippen LogP contribution in [0.25, 0.3) is 0 Å². The Balaban J connectivity index is 1.68. The van der Waals surface area contributed by atoms with Crippen molar-refractivity contribution in [3.63, 3.8) is 0 Å².